The van der Waals surface area contributed by atoms with Gasteiger partial charge in [0.25, 0.3) is 0 Å². The minimum absolute atomic E-state index is 0.0588. The van der Waals surface area contributed by atoms with Crippen LogP contribution in [0.5, 0.6) is 0 Å². The molecule has 19 heavy (non-hydrogen) atoms. The summed E-state index contributed by atoms with van der Waals surface area (Å²) in [6.07, 6.45) is 2.24. The molecule has 104 valence electrons. The number of hydrogen-bond acceptors (Lipinski definition) is 2. The number of carbonyl (C=O) groups is 1. The van der Waals surface area contributed by atoms with E-state index in [0.717, 1.165) is 31.6 Å². The lowest BCUT2D eigenvalue weighted by atomic mass is 9.74. The van der Waals surface area contributed by atoms with Crippen LogP contribution < -0.4 is 10.6 Å². The van der Waals surface area contributed by atoms with Crippen LogP contribution in [-0.2, 0) is 4.79 Å². The smallest absolute Gasteiger partial charge is 0.230 e. The Labute approximate surface area is 119 Å². The number of benzene rings is 1. The van der Waals surface area contributed by atoms with Crippen LogP contribution in [0.1, 0.15) is 26.7 Å². The van der Waals surface area contributed by atoms with Gasteiger partial charge in [-0.05, 0) is 50.0 Å². The van der Waals surface area contributed by atoms with E-state index in [1.54, 1.807) is 12.1 Å². The van der Waals surface area contributed by atoms with Crippen LogP contribution in [0, 0.1) is 11.3 Å². The van der Waals surface area contributed by atoms with E-state index in [4.69, 9.17) is 11.6 Å². The fourth-order valence-corrected chi connectivity index (χ4v) is 2.70. The molecule has 0 aliphatic carbocycles. The molecule has 0 bridgehead atoms. The summed E-state index contributed by atoms with van der Waals surface area (Å²) in [5, 5.41) is 6.97. The second kappa shape index (κ2) is 5.93. The molecule has 2 N–H and O–H groups in total. The van der Waals surface area contributed by atoms with Gasteiger partial charge in [0, 0.05) is 16.1 Å². The first-order chi connectivity index (χ1) is 9.00. The fourth-order valence-electron chi connectivity index (χ4n) is 2.51. The average molecular weight is 281 g/mol. The molecule has 3 nitrogen and oxygen atoms in total. The van der Waals surface area contributed by atoms with Crippen LogP contribution in [-0.4, -0.2) is 19.0 Å². The van der Waals surface area contributed by atoms with E-state index in [1.807, 2.05) is 26.0 Å². The van der Waals surface area contributed by atoms with Crippen molar-refractivity contribution in [3.8, 4) is 0 Å². The zero-order chi connectivity index (χ0) is 13.9. The molecule has 1 aromatic carbocycles. The minimum Gasteiger partial charge on any atom is -0.326 e. The highest BCUT2D eigenvalue weighted by Gasteiger charge is 2.37. The third-order valence-electron chi connectivity index (χ3n) is 3.99. The summed E-state index contributed by atoms with van der Waals surface area (Å²) >= 11 is 5.93. The zero-order valence-corrected chi connectivity index (χ0v) is 12.3. The standard InChI is InChI=1S/C15H21ClN2O/c1-15(2,11-5-4-8-17-10-11)14(19)18-13-7-3-6-12(16)9-13/h3,6-7,9,11,17H,4-5,8,10H2,1-2H3,(H,18,19). The number of hydrogen-bond donors (Lipinski definition) is 2. The highest BCUT2D eigenvalue weighted by Crippen LogP contribution is 2.33. The maximum atomic E-state index is 12.5. The van der Waals surface area contributed by atoms with Gasteiger partial charge in [-0.3, -0.25) is 4.79 Å². The van der Waals surface area contributed by atoms with Gasteiger partial charge in [-0.2, -0.15) is 0 Å². The van der Waals surface area contributed by atoms with Gasteiger partial charge < -0.3 is 10.6 Å². The highest BCUT2D eigenvalue weighted by atomic mass is 35.5. The molecule has 1 unspecified atom stereocenters. The Morgan fingerprint density at radius 2 is 2.26 bits per heavy atom. The number of piperidine rings is 1. The molecule has 0 saturated carbocycles. The van der Waals surface area contributed by atoms with Gasteiger partial charge in [0.15, 0.2) is 0 Å². The van der Waals surface area contributed by atoms with Crippen molar-refractivity contribution in [2.24, 2.45) is 11.3 Å². The Kier molecular flexibility index (Phi) is 4.48. The van der Waals surface area contributed by atoms with Crippen molar-refractivity contribution in [3.05, 3.63) is 29.3 Å². The van der Waals surface area contributed by atoms with Crippen molar-refractivity contribution in [2.75, 3.05) is 18.4 Å². The molecule has 2 rings (SSSR count). The molecule has 1 fully saturated rings. The molecular weight excluding hydrogens is 260 g/mol. The Morgan fingerprint density at radius 3 is 2.89 bits per heavy atom. The van der Waals surface area contributed by atoms with Crippen LogP contribution in [0.3, 0.4) is 0 Å². The molecule has 0 aromatic heterocycles. The number of carbonyl (C=O) groups excluding carboxylic acids is 1. The summed E-state index contributed by atoms with van der Waals surface area (Å²) in [5.74, 6) is 0.434. The van der Waals surface area contributed by atoms with Crippen LogP contribution >= 0.6 is 11.6 Å². The van der Waals surface area contributed by atoms with E-state index in [1.165, 1.54) is 0 Å². The van der Waals surface area contributed by atoms with Crippen LogP contribution in [0.25, 0.3) is 0 Å². The second-order valence-electron chi connectivity index (χ2n) is 5.73. The van der Waals surface area contributed by atoms with Crippen molar-refractivity contribution in [2.45, 2.75) is 26.7 Å². The van der Waals surface area contributed by atoms with Crippen LogP contribution in [0.2, 0.25) is 5.02 Å². The van der Waals surface area contributed by atoms with Gasteiger partial charge in [-0.15, -0.1) is 0 Å². The summed E-state index contributed by atoms with van der Waals surface area (Å²) in [5.41, 5.74) is 0.379. The van der Waals surface area contributed by atoms with E-state index in [9.17, 15) is 4.79 Å². The predicted molar refractivity (Wildman–Crippen MR) is 79.5 cm³/mol. The van der Waals surface area contributed by atoms with Crippen molar-refractivity contribution < 1.29 is 4.79 Å². The summed E-state index contributed by atoms with van der Waals surface area (Å²) in [7, 11) is 0. The largest absolute Gasteiger partial charge is 0.326 e. The summed E-state index contributed by atoms with van der Waals surface area (Å²) in [6.45, 7) is 6.01. The topological polar surface area (TPSA) is 41.1 Å². The Hall–Kier alpha value is -1.06. The maximum Gasteiger partial charge on any atom is 0.230 e. The normalized spacial score (nSPS) is 20.1. The van der Waals surface area contributed by atoms with E-state index in [2.05, 4.69) is 10.6 Å². The van der Waals surface area contributed by atoms with Gasteiger partial charge >= 0.3 is 0 Å². The third-order valence-corrected chi connectivity index (χ3v) is 4.22. The van der Waals surface area contributed by atoms with E-state index >= 15 is 0 Å². The molecule has 0 spiro atoms. The maximum absolute atomic E-state index is 12.5. The van der Waals surface area contributed by atoms with Gasteiger partial charge in [0.05, 0.1) is 0 Å². The monoisotopic (exact) mass is 280 g/mol. The number of nitrogens with one attached hydrogen (secondary N) is 2. The first-order valence-electron chi connectivity index (χ1n) is 6.78. The summed E-state index contributed by atoms with van der Waals surface area (Å²) < 4.78 is 0. The van der Waals surface area contributed by atoms with Crippen molar-refractivity contribution in [1.29, 1.82) is 0 Å². The van der Waals surface area contributed by atoms with E-state index in [-0.39, 0.29) is 11.3 Å². The number of rotatable bonds is 3. The van der Waals surface area contributed by atoms with Gasteiger partial charge in [-0.1, -0.05) is 31.5 Å². The fraction of sp³-hybridized carbons (Fsp3) is 0.533. The zero-order valence-electron chi connectivity index (χ0n) is 11.5. The SMILES string of the molecule is CC(C)(C(=O)Nc1cccc(Cl)c1)C1CCCNC1. The van der Waals surface area contributed by atoms with Gasteiger partial charge in [0.2, 0.25) is 5.91 Å². The Bertz CT molecular complexity index is 453. The van der Waals surface area contributed by atoms with Crippen molar-refractivity contribution in [1.82, 2.24) is 5.32 Å². The molecule has 4 heteroatoms. The molecule has 1 heterocycles. The summed E-state index contributed by atoms with van der Waals surface area (Å²) in [6, 6.07) is 7.27. The van der Waals surface area contributed by atoms with Crippen molar-refractivity contribution in [3.63, 3.8) is 0 Å². The van der Waals surface area contributed by atoms with E-state index < -0.39 is 0 Å². The Balaban J connectivity index is 2.05. The molecule has 1 aromatic rings. The molecule has 1 saturated heterocycles. The third kappa shape index (κ3) is 3.48. The van der Waals surface area contributed by atoms with Crippen LogP contribution in [0.15, 0.2) is 24.3 Å². The molecule has 1 aliphatic rings. The molecule has 1 atom stereocenters. The molecule has 1 amide bonds. The number of anilines is 1. The first-order valence-corrected chi connectivity index (χ1v) is 7.15. The highest BCUT2D eigenvalue weighted by molar-refractivity contribution is 6.30. The number of amides is 1. The lowest BCUT2D eigenvalue weighted by Gasteiger charge is -2.36. The van der Waals surface area contributed by atoms with Crippen LogP contribution in [0.4, 0.5) is 5.69 Å². The van der Waals surface area contributed by atoms with Gasteiger partial charge in [0.1, 0.15) is 0 Å². The second-order valence-corrected chi connectivity index (χ2v) is 6.17. The summed E-state index contributed by atoms with van der Waals surface area (Å²) in [4.78, 5) is 12.5. The lowest BCUT2D eigenvalue weighted by Crippen LogP contribution is -2.44. The molecule has 0 radical (unpaired) electrons. The first kappa shape index (κ1) is 14.4. The lowest BCUT2D eigenvalue weighted by molar-refractivity contribution is -0.127. The van der Waals surface area contributed by atoms with E-state index in [0.29, 0.717) is 10.9 Å². The molecule has 1 aliphatic heterocycles. The average Bonchev–Trinajstić information content (AvgIpc) is 2.39. The van der Waals surface area contributed by atoms with Gasteiger partial charge in [-0.25, -0.2) is 0 Å². The Morgan fingerprint density at radius 1 is 1.47 bits per heavy atom. The predicted octanol–water partition coefficient (Wildman–Crippen LogP) is 3.30. The quantitative estimate of drug-likeness (QED) is 0.892. The van der Waals surface area contributed by atoms with Crippen molar-refractivity contribution >= 4 is 23.2 Å². The number of halogens is 1. The molecular formula is C15H21ClN2O. The minimum atomic E-state index is -0.379.